The lowest BCUT2D eigenvalue weighted by Crippen LogP contribution is -2.31. The summed E-state index contributed by atoms with van der Waals surface area (Å²) in [5.41, 5.74) is 3.71. The van der Waals surface area contributed by atoms with E-state index in [0.717, 1.165) is 16.8 Å². The number of para-hydroxylation sites is 1. The van der Waals surface area contributed by atoms with Gasteiger partial charge in [-0.05, 0) is 48.5 Å². The van der Waals surface area contributed by atoms with E-state index in [-0.39, 0.29) is 18.3 Å². The second kappa shape index (κ2) is 11.7. The van der Waals surface area contributed by atoms with E-state index in [2.05, 4.69) is 0 Å². The molecule has 192 valence electrons. The molecule has 2 heterocycles. The smallest absolute Gasteiger partial charge is 0.266 e. The molecule has 9 heteroatoms. The number of methoxy groups -OCH3 is 1. The van der Waals surface area contributed by atoms with Crippen molar-refractivity contribution >= 4 is 40.3 Å². The fourth-order valence-electron chi connectivity index (χ4n) is 3.93. The molecule has 0 unspecified atom stereocenters. The Bertz CT molecular complexity index is 1490. The number of hydrogen-bond donors (Lipinski definition) is 0. The molecule has 1 aliphatic heterocycles. The van der Waals surface area contributed by atoms with Gasteiger partial charge >= 0.3 is 0 Å². The van der Waals surface area contributed by atoms with E-state index in [4.69, 9.17) is 26.8 Å². The Morgan fingerprint density at radius 1 is 1.03 bits per heavy atom. The number of thioether (sulfide) groups is 1. The third-order valence-corrected chi connectivity index (χ3v) is 7.30. The van der Waals surface area contributed by atoms with Gasteiger partial charge < -0.3 is 9.47 Å². The number of carbonyl (C=O) groups is 1. The second-order valence-electron chi connectivity index (χ2n) is 8.44. The standard InChI is InChI=1S/C29H24FN3O3S2/c1-35-16-15-32-28(34)26(38-29(32)37)17-22-18-33(23-8-3-2-4-9-23)31-27(22)20-11-13-24(14-12-20)36-19-21-7-5-6-10-25(21)30/h2-14,17-18H,15-16,19H2,1H3/b26-17-. The summed E-state index contributed by atoms with van der Waals surface area (Å²) in [6.45, 7) is 0.941. The van der Waals surface area contributed by atoms with Crippen LogP contribution in [0.5, 0.6) is 5.75 Å². The first-order valence-electron chi connectivity index (χ1n) is 11.9. The molecule has 5 rings (SSSR count). The minimum atomic E-state index is -0.298. The predicted octanol–water partition coefficient (Wildman–Crippen LogP) is 6.11. The van der Waals surface area contributed by atoms with Crippen LogP contribution in [0.1, 0.15) is 11.1 Å². The van der Waals surface area contributed by atoms with Gasteiger partial charge in [0.1, 0.15) is 22.5 Å². The number of carbonyl (C=O) groups excluding carboxylic acids is 1. The van der Waals surface area contributed by atoms with E-state index < -0.39 is 0 Å². The second-order valence-corrected chi connectivity index (χ2v) is 10.1. The molecule has 0 spiro atoms. The van der Waals surface area contributed by atoms with Crippen molar-refractivity contribution in [3.05, 3.63) is 107 Å². The molecule has 0 radical (unpaired) electrons. The van der Waals surface area contributed by atoms with Crippen molar-refractivity contribution in [1.82, 2.24) is 14.7 Å². The van der Waals surface area contributed by atoms with Crippen LogP contribution in [0, 0.1) is 5.82 Å². The van der Waals surface area contributed by atoms with Crippen molar-refractivity contribution in [2.24, 2.45) is 0 Å². The summed E-state index contributed by atoms with van der Waals surface area (Å²) in [5.74, 6) is 0.167. The molecule has 1 aromatic heterocycles. The zero-order valence-electron chi connectivity index (χ0n) is 20.5. The number of rotatable bonds is 9. The van der Waals surface area contributed by atoms with Crippen molar-refractivity contribution < 1.29 is 18.7 Å². The van der Waals surface area contributed by atoms with E-state index in [1.54, 1.807) is 34.9 Å². The Labute approximate surface area is 229 Å². The maximum absolute atomic E-state index is 13.9. The summed E-state index contributed by atoms with van der Waals surface area (Å²) in [6.07, 6.45) is 3.73. The first-order chi connectivity index (χ1) is 18.5. The molecular weight excluding hydrogens is 521 g/mol. The number of hydrogen-bond acceptors (Lipinski definition) is 6. The molecule has 1 amide bonds. The summed E-state index contributed by atoms with van der Waals surface area (Å²) >= 11 is 6.70. The van der Waals surface area contributed by atoms with Crippen molar-refractivity contribution in [3.63, 3.8) is 0 Å². The quantitative estimate of drug-likeness (QED) is 0.187. The molecule has 0 saturated carbocycles. The van der Waals surface area contributed by atoms with Crippen LogP contribution in [0.4, 0.5) is 4.39 Å². The molecule has 0 N–H and O–H groups in total. The summed E-state index contributed by atoms with van der Waals surface area (Å²) < 4.78 is 27.1. The van der Waals surface area contributed by atoms with Crippen LogP contribution in [-0.2, 0) is 16.1 Å². The molecule has 1 fully saturated rings. The van der Waals surface area contributed by atoms with Crippen LogP contribution in [0.2, 0.25) is 0 Å². The van der Waals surface area contributed by atoms with E-state index >= 15 is 0 Å². The van der Waals surface area contributed by atoms with Crippen molar-refractivity contribution in [2.45, 2.75) is 6.61 Å². The van der Waals surface area contributed by atoms with Crippen molar-refractivity contribution in [3.8, 4) is 22.7 Å². The van der Waals surface area contributed by atoms with Crippen LogP contribution in [0.3, 0.4) is 0 Å². The summed E-state index contributed by atoms with van der Waals surface area (Å²) in [4.78, 5) is 15.1. The highest BCUT2D eigenvalue weighted by molar-refractivity contribution is 8.26. The van der Waals surface area contributed by atoms with Gasteiger partial charge in [0.2, 0.25) is 0 Å². The summed E-state index contributed by atoms with van der Waals surface area (Å²) in [6, 6.07) is 23.7. The number of aromatic nitrogens is 2. The van der Waals surface area contributed by atoms with Gasteiger partial charge in [-0.25, -0.2) is 9.07 Å². The Kier molecular flexibility index (Phi) is 7.97. The molecule has 6 nitrogen and oxygen atoms in total. The van der Waals surface area contributed by atoms with Crippen molar-refractivity contribution in [2.75, 3.05) is 20.3 Å². The summed E-state index contributed by atoms with van der Waals surface area (Å²) in [7, 11) is 1.59. The lowest BCUT2D eigenvalue weighted by atomic mass is 10.1. The molecule has 4 aromatic rings. The van der Waals surface area contributed by atoms with Crippen molar-refractivity contribution in [1.29, 1.82) is 0 Å². The topological polar surface area (TPSA) is 56.6 Å². The zero-order chi connectivity index (χ0) is 26.5. The van der Waals surface area contributed by atoms with E-state index in [0.29, 0.717) is 39.4 Å². The van der Waals surface area contributed by atoms with Gasteiger partial charge in [0.15, 0.2) is 0 Å². The highest BCUT2D eigenvalue weighted by Gasteiger charge is 2.32. The maximum atomic E-state index is 13.9. The van der Waals surface area contributed by atoms with Gasteiger partial charge in [-0.3, -0.25) is 9.69 Å². The molecular formula is C29H24FN3O3S2. The van der Waals surface area contributed by atoms with Crippen LogP contribution in [0.15, 0.2) is 90.0 Å². The lowest BCUT2D eigenvalue weighted by Gasteiger charge is -2.12. The largest absolute Gasteiger partial charge is 0.489 e. The monoisotopic (exact) mass is 545 g/mol. The average Bonchev–Trinajstić information content (AvgIpc) is 3.48. The highest BCUT2D eigenvalue weighted by Crippen LogP contribution is 2.35. The number of nitrogens with zero attached hydrogens (tertiary/aromatic N) is 3. The normalized spacial score (nSPS) is 14.5. The highest BCUT2D eigenvalue weighted by atomic mass is 32.2. The number of ether oxygens (including phenoxy) is 2. The molecule has 0 bridgehead atoms. The molecule has 1 saturated heterocycles. The first-order valence-corrected chi connectivity index (χ1v) is 13.1. The zero-order valence-corrected chi connectivity index (χ0v) is 22.2. The first kappa shape index (κ1) is 25.8. The third kappa shape index (κ3) is 5.70. The number of thiocarbonyl (C=S) groups is 1. The van der Waals surface area contributed by atoms with Gasteiger partial charge in [-0.1, -0.05) is 60.4 Å². The fraction of sp³-hybridized carbons (Fsp3) is 0.138. The minimum Gasteiger partial charge on any atom is -0.489 e. The Morgan fingerprint density at radius 2 is 1.76 bits per heavy atom. The third-order valence-electron chi connectivity index (χ3n) is 5.92. The van der Waals surface area contributed by atoms with Crippen LogP contribution < -0.4 is 4.74 Å². The number of benzene rings is 3. The maximum Gasteiger partial charge on any atom is 0.266 e. The molecule has 1 aliphatic rings. The molecule has 0 atom stereocenters. The van der Waals surface area contributed by atoms with Gasteiger partial charge in [-0.2, -0.15) is 5.10 Å². The van der Waals surface area contributed by atoms with E-state index in [1.807, 2.05) is 66.9 Å². The predicted molar refractivity (Wildman–Crippen MR) is 151 cm³/mol. The van der Waals surface area contributed by atoms with Gasteiger partial charge in [-0.15, -0.1) is 0 Å². The minimum absolute atomic E-state index is 0.130. The molecule has 38 heavy (non-hydrogen) atoms. The van der Waals surface area contributed by atoms with Gasteiger partial charge in [0, 0.05) is 30.0 Å². The SMILES string of the molecule is COCCN1C(=O)/C(=C/c2cn(-c3ccccc3)nc2-c2ccc(OCc3ccccc3F)cc2)SC1=S. The Hall–Kier alpha value is -3.79. The van der Waals surface area contributed by atoms with Crippen LogP contribution >= 0.6 is 24.0 Å². The van der Waals surface area contributed by atoms with E-state index in [9.17, 15) is 9.18 Å². The van der Waals surface area contributed by atoms with Gasteiger partial charge in [0.25, 0.3) is 5.91 Å². The Balaban J connectivity index is 1.44. The van der Waals surface area contributed by atoms with Gasteiger partial charge in [0.05, 0.1) is 29.4 Å². The lowest BCUT2D eigenvalue weighted by molar-refractivity contribution is -0.122. The summed E-state index contributed by atoms with van der Waals surface area (Å²) in [5, 5.41) is 4.83. The fourth-order valence-corrected chi connectivity index (χ4v) is 5.23. The van der Waals surface area contributed by atoms with Crippen LogP contribution in [0.25, 0.3) is 23.0 Å². The number of halogens is 1. The van der Waals surface area contributed by atoms with E-state index in [1.165, 1.54) is 17.8 Å². The average molecular weight is 546 g/mol. The Morgan fingerprint density at radius 3 is 2.50 bits per heavy atom. The molecule has 0 aliphatic carbocycles. The number of amides is 1. The molecule has 3 aromatic carbocycles. The van der Waals surface area contributed by atoms with Crippen LogP contribution in [-0.4, -0.2) is 45.2 Å².